The number of hydrazone groups is 1. The highest BCUT2D eigenvalue weighted by molar-refractivity contribution is 5.93. The van der Waals surface area contributed by atoms with Gasteiger partial charge in [-0.3, -0.25) is 14.6 Å². The Bertz CT molecular complexity index is 764. The van der Waals surface area contributed by atoms with E-state index in [4.69, 9.17) is 0 Å². The van der Waals surface area contributed by atoms with Crippen LogP contribution in [0.4, 0.5) is 0 Å². The van der Waals surface area contributed by atoms with Crippen molar-refractivity contribution in [1.29, 1.82) is 0 Å². The number of carbonyl (C=O) groups excluding carboxylic acids is 1. The first-order valence-electron chi connectivity index (χ1n) is 6.20. The van der Waals surface area contributed by atoms with Gasteiger partial charge in [0.2, 0.25) is 0 Å². The second-order valence-corrected chi connectivity index (χ2v) is 4.29. The molecule has 0 bridgehead atoms. The van der Waals surface area contributed by atoms with Gasteiger partial charge in [-0.05, 0) is 13.0 Å². The van der Waals surface area contributed by atoms with Crippen LogP contribution in [0, 0.1) is 6.92 Å². The summed E-state index contributed by atoms with van der Waals surface area (Å²) < 4.78 is 0. The number of aromatic nitrogens is 3. The number of H-pyrrole nitrogens is 1. The largest absolute Gasteiger partial charge is 0.505 e. The smallest absolute Gasteiger partial charge is 0.291 e. The predicted octanol–water partition coefficient (Wildman–Crippen LogP) is -0.565. The number of rotatable bonds is 4. The Morgan fingerprint density at radius 2 is 2.27 bits per heavy atom. The average molecular weight is 303 g/mol. The first kappa shape index (κ1) is 15.3. The third kappa shape index (κ3) is 3.33. The number of aryl methyl sites for hydroxylation is 1. The summed E-state index contributed by atoms with van der Waals surface area (Å²) in [6.07, 6.45) is 2.60. The molecule has 9 nitrogen and oxygen atoms in total. The number of hydrogen-bond acceptors (Lipinski definition) is 7. The van der Waals surface area contributed by atoms with Crippen LogP contribution in [-0.2, 0) is 6.61 Å². The lowest BCUT2D eigenvalue weighted by molar-refractivity contribution is 0.0949. The lowest BCUT2D eigenvalue weighted by Crippen LogP contribution is -2.21. The summed E-state index contributed by atoms with van der Waals surface area (Å²) in [5, 5.41) is 28.5. The number of pyridine rings is 1. The molecule has 0 atom stereocenters. The molecule has 0 fully saturated rings. The number of aliphatic hydroxyl groups is 1. The van der Waals surface area contributed by atoms with Gasteiger partial charge in [0, 0.05) is 23.4 Å². The van der Waals surface area contributed by atoms with Crippen LogP contribution >= 0.6 is 0 Å². The van der Waals surface area contributed by atoms with Crippen molar-refractivity contribution in [2.75, 3.05) is 0 Å². The molecular weight excluding hydrogens is 290 g/mol. The van der Waals surface area contributed by atoms with Crippen molar-refractivity contribution < 1.29 is 15.0 Å². The second kappa shape index (κ2) is 6.59. The lowest BCUT2D eigenvalue weighted by Gasteiger charge is -2.06. The highest BCUT2D eigenvalue weighted by atomic mass is 16.3. The number of nitrogens with one attached hydrogen (secondary N) is 2. The molecule has 0 spiro atoms. The van der Waals surface area contributed by atoms with E-state index in [1.807, 2.05) is 0 Å². The first-order chi connectivity index (χ1) is 10.5. The van der Waals surface area contributed by atoms with E-state index in [0.29, 0.717) is 11.3 Å². The minimum Gasteiger partial charge on any atom is -0.505 e. The predicted molar refractivity (Wildman–Crippen MR) is 76.5 cm³/mol. The van der Waals surface area contributed by atoms with Crippen molar-refractivity contribution in [2.24, 2.45) is 5.10 Å². The number of aromatic amines is 1. The van der Waals surface area contributed by atoms with E-state index >= 15 is 0 Å². The van der Waals surface area contributed by atoms with Crippen LogP contribution in [0.1, 0.15) is 27.3 Å². The monoisotopic (exact) mass is 303 g/mol. The summed E-state index contributed by atoms with van der Waals surface area (Å²) in [5.74, 6) is -0.768. The Balaban J connectivity index is 2.16. The maximum Gasteiger partial charge on any atom is 0.291 e. The number of aromatic hydroxyl groups is 1. The van der Waals surface area contributed by atoms with E-state index in [1.54, 1.807) is 6.92 Å². The molecule has 0 saturated heterocycles. The normalized spacial score (nSPS) is 10.8. The third-order valence-electron chi connectivity index (χ3n) is 2.80. The van der Waals surface area contributed by atoms with Gasteiger partial charge < -0.3 is 10.2 Å². The molecule has 0 aromatic carbocycles. The quantitative estimate of drug-likeness (QED) is 0.440. The van der Waals surface area contributed by atoms with Gasteiger partial charge in [-0.15, -0.1) is 0 Å². The highest BCUT2D eigenvalue weighted by Gasteiger charge is 2.10. The topological polar surface area (TPSA) is 141 Å². The van der Waals surface area contributed by atoms with E-state index in [-0.39, 0.29) is 23.6 Å². The zero-order valence-corrected chi connectivity index (χ0v) is 11.6. The number of hydrogen-bond donors (Lipinski definition) is 4. The van der Waals surface area contributed by atoms with Crippen LogP contribution in [0.2, 0.25) is 0 Å². The van der Waals surface area contributed by atoms with E-state index in [1.165, 1.54) is 18.5 Å². The molecule has 0 unspecified atom stereocenters. The number of aliphatic hydroxyl groups excluding tert-OH is 1. The molecule has 9 heteroatoms. The van der Waals surface area contributed by atoms with Crippen LogP contribution in [0.15, 0.2) is 28.2 Å². The van der Waals surface area contributed by atoms with Gasteiger partial charge in [-0.2, -0.15) is 10.2 Å². The van der Waals surface area contributed by atoms with Gasteiger partial charge in [0.05, 0.1) is 18.5 Å². The van der Waals surface area contributed by atoms with E-state index < -0.39 is 11.5 Å². The fourth-order valence-electron chi connectivity index (χ4n) is 1.61. The molecule has 2 aromatic rings. The van der Waals surface area contributed by atoms with Crippen LogP contribution in [0.3, 0.4) is 0 Å². The third-order valence-corrected chi connectivity index (χ3v) is 2.80. The molecule has 0 aliphatic rings. The van der Waals surface area contributed by atoms with Crippen molar-refractivity contribution in [3.63, 3.8) is 0 Å². The summed E-state index contributed by atoms with van der Waals surface area (Å²) in [6.45, 7) is 1.26. The molecule has 4 N–H and O–H groups in total. The Hall–Kier alpha value is -3.07. The fraction of sp³-hybridized carbons (Fsp3) is 0.154. The summed E-state index contributed by atoms with van der Waals surface area (Å²) in [6, 6.07) is 2.41. The van der Waals surface area contributed by atoms with Crippen molar-refractivity contribution in [1.82, 2.24) is 20.6 Å². The van der Waals surface area contributed by atoms with Gasteiger partial charge in [0.1, 0.15) is 5.75 Å². The lowest BCUT2D eigenvalue weighted by atomic mass is 10.1. The first-order valence-corrected chi connectivity index (χ1v) is 6.20. The average Bonchev–Trinajstić information content (AvgIpc) is 2.52. The van der Waals surface area contributed by atoms with Gasteiger partial charge in [-0.25, -0.2) is 10.5 Å². The van der Waals surface area contributed by atoms with Crippen molar-refractivity contribution >= 4 is 12.1 Å². The van der Waals surface area contributed by atoms with E-state index in [2.05, 4.69) is 25.7 Å². The van der Waals surface area contributed by atoms with Gasteiger partial charge in [0.25, 0.3) is 11.5 Å². The maximum absolute atomic E-state index is 11.7. The molecule has 2 rings (SSSR count). The number of carbonyl (C=O) groups is 1. The Morgan fingerprint density at radius 3 is 2.91 bits per heavy atom. The summed E-state index contributed by atoms with van der Waals surface area (Å²) >= 11 is 0. The van der Waals surface area contributed by atoms with Crippen LogP contribution in [0.5, 0.6) is 5.75 Å². The standard InChI is InChI=1S/C13H13N5O4/c1-7-12(21)9(8(6-19)4-14-7)5-15-18-13(22)10-2-3-11(20)17-16-10/h2-5,19,21H,6H2,1H3,(H,17,20)(H,18,22)/b15-5+. The molecular formula is C13H13N5O4. The number of nitrogens with zero attached hydrogens (tertiary/aromatic N) is 3. The zero-order chi connectivity index (χ0) is 16.1. The SMILES string of the molecule is Cc1ncc(CO)c(/C=N/NC(=O)c2ccc(=O)[nH]n2)c1O. The Morgan fingerprint density at radius 1 is 1.50 bits per heavy atom. The van der Waals surface area contributed by atoms with Crippen molar-refractivity contribution in [2.45, 2.75) is 13.5 Å². The molecule has 2 heterocycles. The van der Waals surface area contributed by atoms with Gasteiger partial charge in [0.15, 0.2) is 5.69 Å². The van der Waals surface area contributed by atoms with Gasteiger partial charge in [-0.1, -0.05) is 0 Å². The minimum absolute atomic E-state index is 0.0192. The molecule has 114 valence electrons. The molecule has 0 saturated carbocycles. The highest BCUT2D eigenvalue weighted by Crippen LogP contribution is 2.21. The Labute approximate surface area is 124 Å². The van der Waals surface area contributed by atoms with E-state index in [9.17, 15) is 19.8 Å². The summed E-state index contributed by atoms with van der Waals surface area (Å²) in [4.78, 5) is 26.5. The second-order valence-electron chi connectivity index (χ2n) is 4.29. The van der Waals surface area contributed by atoms with Crippen molar-refractivity contribution in [3.8, 4) is 5.75 Å². The maximum atomic E-state index is 11.7. The molecule has 1 amide bonds. The molecule has 0 radical (unpaired) electrons. The van der Waals surface area contributed by atoms with Crippen LogP contribution in [0.25, 0.3) is 0 Å². The molecule has 0 aliphatic carbocycles. The Kier molecular flexibility index (Phi) is 4.59. The van der Waals surface area contributed by atoms with Crippen LogP contribution < -0.4 is 11.0 Å². The molecule has 0 aliphatic heterocycles. The van der Waals surface area contributed by atoms with E-state index in [0.717, 1.165) is 6.07 Å². The van der Waals surface area contributed by atoms with Crippen molar-refractivity contribution in [3.05, 3.63) is 51.2 Å². The van der Waals surface area contributed by atoms with Crippen LogP contribution in [-0.4, -0.2) is 37.5 Å². The summed E-state index contributed by atoms with van der Waals surface area (Å²) in [7, 11) is 0. The summed E-state index contributed by atoms with van der Waals surface area (Å²) in [5.41, 5.74) is 2.74. The molecule has 22 heavy (non-hydrogen) atoms. The zero-order valence-electron chi connectivity index (χ0n) is 11.6. The number of amides is 1. The van der Waals surface area contributed by atoms with Gasteiger partial charge >= 0.3 is 0 Å². The molecule has 2 aromatic heterocycles. The minimum atomic E-state index is -0.636. The fourth-order valence-corrected chi connectivity index (χ4v) is 1.61.